The average molecular weight is 373 g/mol. The van der Waals surface area contributed by atoms with Crippen molar-refractivity contribution < 1.29 is 14.3 Å². The second kappa shape index (κ2) is 8.23. The summed E-state index contributed by atoms with van der Waals surface area (Å²) in [5.74, 6) is 0.698. The molecule has 1 aliphatic rings. The third kappa shape index (κ3) is 4.99. The molecule has 5 nitrogen and oxygen atoms in total. The number of ether oxygens (including phenoxy) is 1. The molecule has 1 aliphatic carbocycles. The van der Waals surface area contributed by atoms with Crippen molar-refractivity contribution in [3.8, 4) is 5.75 Å². The lowest BCUT2D eigenvalue weighted by Gasteiger charge is -2.18. The van der Waals surface area contributed by atoms with Crippen LogP contribution in [-0.4, -0.2) is 36.9 Å². The zero-order valence-corrected chi connectivity index (χ0v) is 15.3. The molecule has 0 aromatic heterocycles. The van der Waals surface area contributed by atoms with Gasteiger partial charge in [-0.25, -0.2) is 0 Å². The molecule has 26 heavy (non-hydrogen) atoms. The minimum absolute atomic E-state index is 0.0258. The standard InChI is InChI=1S/C20H21ClN2O3/c1-23(10-11-26-18-7-3-5-16(21)13-18)20(25)15-4-2-6-17(12-15)22-19(24)14-8-9-14/h2-7,12-14H,8-11H2,1H3,(H,22,24). The fraction of sp³-hybridized carbons (Fsp3) is 0.300. The van der Waals surface area contributed by atoms with Crippen molar-refractivity contribution in [2.75, 3.05) is 25.5 Å². The highest BCUT2D eigenvalue weighted by molar-refractivity contribution is 6.30. The molecule has 2 aromatic rings. The van der Waals surface area contributed by atoms with E-state index in [1.54, 1.807) is 48.3 Å². The first-order chi connectivity index (χ1) is 12.5. The van der Waals surface area contributed by atoms with Crippen LogP contribution in [0, 0.1) is 5.92 Å². The highest BCUT2D eigenvalue weighted by Gasteiger charge is 2.29. The van der Waals surface area contributed by atoms with Crippen LogP contribution in [-0.2, 0) is 4.79 Å². The first kappa shape index (κ1) is 18.3. The number of carbonyl (C=O) groups excluding carboxylic acids is 2. The van der Waals surface area contributed by atoms with Gasteiger partial charge in [0.15, 0.2) is 0 Å². The van der Waals surface area contributed by atoms with Gasteiger partial charge in [-0.15, -0.1) is 0 Å². The largest absolute Gasteiger partial charge is 0.492 e. The van der Waals surface area contributed by atoms with Crippen molar-refractivity contribution in [1.82, 2.24) is 4.90 Å². The third-order valence-electron chi connectivity index (χ3n) is 4.16. The molecule has 0 atom stereocenters. The molecule has 0 aliphatic heterocycles. The lowest BCUT2D eigenvalue weighted by atomic mass is 10.1. The first-order valence-corrected chi connectivity index (χ1v) is 8.95. The van der Waals surface area contributed by atoms with E-state index in [4.69, 9.17) is 16.3 Å². The molecule has 0 bridgehead atoms. The van der Waals surface area contributed by atoms with E-state index < -0.39 is 0 Å². The number of carbonyl (C=O) groups is 2. The van der Waals surface area contributed by atoms with E-state index in [1.165, 1.54) is 0 Å². The predicted octanol–water partition coefficient (Wildman–Crippen LogP) is 3.84. The lowest BCUT2D eigenvalue weighted by Crippen LogP contribution is -2.31. The zero-order valence-electron chi connectivity index (χ0n) is 14.6. The van der Waals surface area contributed by atoms with Crippen LogP contribution in [0.2, 0.25) is 5.02 Å². The van der Waals surface area contributed by atoms with Gasteiger partial charge in [0.25, 0.3) is 5.91 Å². The number of amides is 2. The molecular weight excluding hydrogens is 352 g/mol. The van der Waals surface area contributed by atoms with E-state index in [0.717, 1.165) is 12.8 Å². The smallest absolute Gasteiger partial charge is 0.253 e. The third-order valence-corrected chi connectivity index (χ3v) is 4.40. The lowest BCUT2D eigenvalue weighted by molar-refractivity contribution is -0.117. The zero-order chi connectivity index (χ0) is 18.5. The van der Waals surface area contributed by atoms with Crippen LogP contribution in [0.25, 0.3) is 0 Å². The summed E-state index contributed by atoms with van der Waals surface area (Å²) in [5, 5.41) is 3.47. The Hall–Kier alpha value is -2.53. The molecule has 0 radical (unpaired) electrons. The van der Waals surface area contributed by atoms with Gasteiger partial charge in [-0.3, -0.25) is 9.59 Å². The average Bonchev–Trinajstić information content (AvgIpc) is 3.46. The van der Waals surface area contributed by atoms with Crippen LogP contribution in [0.15, 0.2) is 48.5 Å². The van der Waals surface area contributed by atoms with Gasteiger partial charge < -0.3 is 15.0 Å². The van der Waals surface area contributed by atoms with Crippen molar-refractivity contribution in [3.05, 3.63) is 59.1 Å². The van der Waals surface area contributed by atoms with Gasteiger partial charge in [0.05, 0.1) is 6.54 Å². The maximum absolute atomic E-state index is 12.6. The summed E-state index contributed by atoms with van der Waals surface area (Å²) in [6, 6.07) is 14.1. The van der Waals surface area contributed by atoms with Gasteiger partial charge in [-0.1, -0.05) is 23.7 Å². The maximum atomic E-state index is 12.6. The Morgan fingerprint density at radius 1 is 1.19 bits per heavy atom. The predicted molar refractivity (Wildman–Crippen MR) is 102 cm³/mol. The highest BCUT2D eigenvalue weighted by atomic mass is 35.5. The van der Waals surface area contributed by atoms with Crippen molar-refractivity contribution in [3.63, 3.8) is 0 Å². The number of hydrogen-bond donors (Lipinski definition) is 1. The second-order valence-electron chi connectivity index (χ2n) is 6.38. The van der Waals surface area contributed by atoms with E-state index in [9.17, 15) is 9.59 Å². The number of anilines is 1. The van der Waals surface area contributed by atoms with Crippen molar-refractivity contribution in [1.29, 1.82) is 0 Å². The Labute approximate surface area is 157 Å². The molecule has 0 saturated heterocycles. The molecule has 2 amide bonds. The summed E-state index contributed by atoms with van der Waals surface area (Å²) >= 11 is 5.92. The number of halogens is 1. The summed E-state index contributed by atoms with van der Waals surface area (Å²) in [5.41, 5.74) is 1.18. The molecule has 136 valence electrons. The molecule has 1 fully saturated rings. The van der Waals surface area contributed by atoms with Gasteiger partial charge in [0, 0.05) is 29.2 Å². The second-order valence-corrected chi connectivity index (χ2v) is 6.81. The van der Waals surface area contributed by atoms with E-state index >= 15 is 0 Å². The summed E-state index contributed by atoms with van der Waals surface area (Å²) in [6.07, 6.45) is 1.89. The van der Waals surface area contributed by atoms with Crippen LogP contribution in [0.1, 0.15) is 23.2 Å². The van der Waals surface area contributed by atoms with Gasteiger partial charge in [-0.2, -0.15) is 0 Å². The van der Waals surface area contributed by atoms with E-state index in [1.807, 2.05) is 12.1 Å². The van der Waals surface area contributed by atoms with Crippen LogP contribution in [0.5, 0.6) is 5.75 Å². The van der Waals surface area contributed by atoms with Crippen LogP contribution < -0.4 is 10.1 Å². The summed E-state index contributed by atoms with van der Waals surface area (Å²) in [7, 11) is 1.72. The van der Waals surface area contributed by atoms with Crippen LogP contribution in [0.4, 0.5) is 5.69 Å². The normalized spacial score (nSPS) is 13.2. The monoisotopic (exact) mass is 372 g/mol. The SMILES string of the molecule is CN(CCOc1cccc(Cl)c1)C(=O)c1cccc(NC(=O)C2CC2)c1. The number of hydrogen-bond acceptors (Lipinski definition) is 3. The van der Waals surface area contributed by atoms with Gasteiger partial charge >= 0.3 is 0 Å². The Balaban J connectivity index is 1.53. The molecule has 3 rings (SSSR count). The molecule has 1 saturated carbocycles. The van der Waals surface area contributed by atoms with Gasteiger partial charge in [0.2, 0.25) is 5.91 Å². The number of benzene rings is 2. The first-order valence-electron chi connectivity index (χ1n) is 8.57. The Morgan fingerprint density at radius 3 is 2.69 bits per heavy atom. The summed E-state index contributed by atoms with van der Waals surface area (Å²) in [6.45, 7) is 0.796. The molecule has 6 heteroatoms. The van der Waals surface area contributed by atoms with E-state index in [2.05, 4.69) is 5.32 Å². The van der Waals surface area contributed by atoms with Crippen molar-refractivity contribution >= 4 is 29.1 Å². The maximum Gasteiger partial charge on any atom is 0.253 e. The molecule has 0 spiro atoms. The minimum atomic E-state index is -0.123. The number of rotatable bonds is 7. The van der Waals surface area contributed by atoms with Crippen LogP contribution in [0.3, 0.4) is 0 Å². The molecular formula is C20H21ClN2O3. The molecule has 2 aromatic carbocycles. The van der Waals surface area contributed by atoms with Gasteiger partial charge in [-0.05, 0) is 49.2 Å². The topological polar surface area (TPSA) is 58.6 Å². The quantitative estimate of drug-likeness (QED) is 0.803. The Morgan fingerprint density at radius 2 is 1.96 bits per heavy atom. The van der Waals surface area contributed by atoms with Crippen LogP contribution >= 0.6 is 11.6 Å². The van der Waals surface area contributed by atoms with Crippen molar-refractivity contribution in [2.24, 2.45) is 5.92 Å². The highest BCUT2D eigenvalue weighted by Crippen LogP contribution is 2.30. The fourth-order valence-electron chi connectivity index (χ4n) is 2.50. The van der Waals surface area contributed by atoms with E-state index in [-0.39, 0.29) is 17.7 Å². The summed E-state index contributed by atoms with van der Waals surface area (Å²) in [4.78, 5) is 26.0. The fourth-order valence-corrected chi connectivity index (χ4v) is 2.68. The van der Waals surface area contributed by atoms with Crippen molar-refractivity contribution in [2.45, 2.75) is 12.8 Å². The van der Waals surface area contributed by atoms with Gasteiger partial charge in [0.1, 0.15) is 12.4 Å². The molecule has 1 N–H and O–H groups in total. The Kier molecular flexibility index (Phi) is 5.78. The minimum Gasteiger partial charge on any atom is -0.492 e. The molecule has 0 unspecified atom stereocenters. The summed E-state index contributed by atoms with van der Waals surface area (Å²) < 4.78 is 5.62. The molecule has 0 heterocycles. The Bertz CT molecular complexity index is 805. The number of nitrogens with one attached hydrogen (secondary N) is 1. The van der Waals surface area contributed by atoms with E-state index in [0.29, 0.717) is 35.2 Å². The number of likely N-dealkylation sites (N-methyl/N-ethyl adjacent to an activating group) is 1. The number of nitrogens with zero attached hydrogens (tertiary/aromatic N) is 1.